The zero-order chi connectivity index (χ0) is 21.7. The van der Waals surface area contributed by atoms with Gasteiger partial charge in [0, 0.05) is 19.0 Å². The van der Waals surface area contributed by atoms with Crippen LogP contribution in [0.4, 0.5) is 0 Å². The molecule has 1 aromatic heterocycles. The topological polar surface area (TPSA) is 80.1 Å². The first-order chi connectivity index (χ1) is 14.3. The van der Waals surface area contributed by atoms with Gasteiger partial charge in [0.05, 0.1) is 24.2 Å². The van der Waals surface area contributed by atoms with Crippen molar-refractivity contribution in [2.45, 2.75) is 32.4 Å². The molecule has 2 atom stereocenters. The fourth-order valence-corrected chi connectivity index (χ4v) is 3.32. The standard InChI is InChI=1S/C22H24ClN5O2/c1-15(17-6-10-20(11-7-17)28-14-24-13-25-28)27(3)22(30)12-21(26-16(2)29)18-4-8-19(23)9-5-18/h4-11,13-15,21H,12H2,1-3H3,(H,26,29). The summed E-state index contributed by atoms with van der Waals surface area (Å²) in [6.45, 7) is 3.41. The van der Waals surface area contributed by atoms with Gasteiger partial charge in [0.25, 0.3) is 0 Å². The van der Waals surface area contributed by atoms with E-state index in [1.807, 2.05) is 43.3 Å². The van der Waals surface area contributed by atoms with E-state index in [1.165, 1.54) is 13.3 Å². The number of nitrogens with zero attached hydrogens (tertiary/aromatic N) is 4. The van der Waals surface area contributed by atoms with Crippen molar-refractivity contribution in [1.29, 1.82) is 0 Å². The second-order valence-corrected chi connectivity index (χ2v) is 7.56. The van der Waals surface area contributed by atoms with Crippen LogP contribution in [0.1, 0.15) is 43.5 Å². The van der Waals surface area contributed by atoms with Crippen LogP contribution in [0.15, 0.2) is 61.2 Å². The number of rotatable bonds is 7. The van der Waals surface area contributed by atoms with Gasteiger partial charge < -0.3 is 10.2 Å². The molecule has 7 nitrogen and oxygen atoms in total. The van der Waals surface area contributed by atoms with E-state index >= 15 is 0 Å². The Kier molecular flexibility index (Phi) is 6.84. The lowest BCUT2D eigenvalue weighted by molar-refractivity contribution is -0.132. The maximum atomic E-state index is 13.0. The van der Waals surface area contributed by atoms with Crippen LogP contribution in [0.3, 0.4) is 0 Å². The smallest absolute Gasteiger partial charge is 0.225 e. The maximum Gasteiger partial charge on any atom is 0.225 e. The summed E-state index contributed by atoms with van der Waals surface area (Å²) in [6, 6.07) is 14.4. The molecule has 2 amide bonds. The van der Waals surface area contributed by atoms with E-state index in [-0.39, 0.29) is 24.3 Å². The molecule has 1 N–H and O–H groups in total. The summed E-state index contributed by atoms with van der Waals surface area (Å²) in [5.74, 6) is -0.265. The molecule has 0 radical (unpaired) electrons. The number of aromatic nitrogens is 3. The van der Waals surface area contributed by atoms with E-state index in [1.54, 1.807) is 35.1 Å². The molecule has 30 heavy (non-hydrogen) atoms. The van der Waals surface area contributed by atoms with E-state index in [0.717, 1.165) is 16.8 Å². The summed E-state index contributed by atoms with van der Waals surface area (Å²) in [4.78, 5) is 30.3. The van der Waals surface area contributed by atoms with Crippen LogP contribution in [-0.4, -0.2) is 38.5 Å². The van der Waals surface area contributed by atoms with Crippen molar-refractivity contribution in [3.63, 3.8) is 0 Å². The van der Waals surface area contributed by atoms with Crippen molar-refractivity contribution in [3.05, 3.63) is 77.3 Å². The maximum absolute atomic E-state index is 13.0. The average Bonchev–Trinajstić information content (AvgIpc) is 3.27. The molecule has 2 aromatic carbocycles. The van der Waals surface area contributed by atoms with Gasteiger partial charge in [-0.3, -0.25) is 9.59 Å². The molecule has 0 spiro atoms. The third-order valence-electron chi connectivity index (χ3n) is 5.06. The number of benzene rings is 2. The van der Waals surface area contributed by atoms with Gasteiger partial charge in [-0.1, -0.05) is 35.9 Å². The Labute approximate surface area is 180 Å². The molecule has 8 heteroatoms. The molecule has 0 aliphatic heterocycles. The summed E-state index contributed by atoms with van der Waals surface area (Å²) in [5.41, 5.74) is 2.73. The van der Waals surface area contributed by atoms with Gasteiger partial charge in [0.2, 0.25) is 11.8 Å². The fraction of sp³-hybridized carbons (Fsp3) is 0.273. The first-order valence-electron chi connectivity index (χ1n) is 9.58. The van der Waals surface area contributed by atoms with Crippen molar-refractivity contribution in [2.24, 2.45) is 0 Å². The van der Waals surface area contributed by atoms with Crippen LogP contribution < -0.4 is 5.32 Å². The van der Waals surface area contributed by atoms with Crippen LogP contribution in [0.25, 0.3) is 5.69 Å². The van der Waals surface area contributed by atoms with Gasteiger partial charge in [-0.15, -0.1) is 0 Å². The van der Waals surface area contributed by atoms with Gasteiger partial charge >= 0.3 is 0 Å². The Bertz CT molecular complexity index is 987. The molecule has 1 heterocycles. The van der Waals surface area contributed by atoms with Crippen LogP contribution >= 0.6 is 11.6 Å². The number of hydrogen-bond donors (Lipinski definition) is 1. The molecule has 2 unspecified atom stereocenters. The Morgan fingerprint density at radius 3 is 2.30 bits per heavy atom. The highest BCUT2D eigenvalue weighted by Crippen LogP contribution is 2.25. The summed E-state index contributed by atoms with van der Waals surface area (Å²) in [7, 11) is 1.77. The van der Waals surface area contributed by atoms with Crippen LogP contribution in [0.2, 0.25) is 5.02 Å². The molecule has 0 saturated heterocycles. The first-order valence-corrected chi connectivity index (χ1v) is 9.96. The SMILES string of the molecule is CC(=O)NC(CC(=O)N(C)C(C)c1ccc(-n2cncn2)cc1)c1ccc(Cl)cc1. The second kappa shape index (κ2) is 9.54. The second-order valence-electron chi connectivity index (χ2n) is 7.12. The summed E-state index contributed by atoms with van der Waals surface area (Å²) >= 11 is 5.96. The van der Waals surface area contributed by atoms with Crippen molar-refractivity contribution in [1.82, 2.24) is 25.0 Å². The number of halogens is 1. The number of carbonyl (C=O) groups is 2. The van der Waals surface area contributed by atoms with Crippen LogP contribution in [-0.2, 0) is 9.59 Å². The van der Waals surface area contributed by atoms with E-state index in [0.29, 0.717) is 5.02 Å². The minimum atomic E-state index is -0.420. The molecule has 3 aromatic rings. The quantitative estimate of drug-likeness (QED) is 0.625. The molecule has 3 rings (SSSR count). The zero-order valence-corrected chi connectivity index (χ0v) is 17.9. The van der Waals surface area contributed by atoms with Gasteiger partial charge in [-0.2, -0.15) is 5.10 Å². The highest BCUT2D eigenvalue weighted by Gasteiger charge is 2.23. The Morgan fingerprint density at radius 1 is 1.10 bits per heavy atom. The monoisotopic (exact) mass is 425 g/mol. The number of hydrogen-bond acceptors (Lipinski definition) is 4. The van der Waals surface area contributed by atoms with Gasteiger partial charge in [-0.25, -0.2) is 9.67 Å². The Balaban J connectivity index is 1.70. The highest BCUT2D eigenvalue weighted by atomic mass is 35.5. The van der Waals surface area contributed by atoms with Gasteiger partial charge in [-0.05, 0) is 42.3 Å². The third-order valence-corrected chi connectivity index (χ3v) is 5.31. The predicted molar refractivity (Wildman–Crippen MR) is 115 cm³/mol. The van der Waals surface area contributed by atoms with E-state index in [4.69, 9.17) is 11.6 Å². The fourth-order valence-electron chi connectivity index (χ4n) is 3.20. The molecular formula is C22H24ClN5O2. The predicted octanol–water partition coefficient (Wildman–Crippen LogP) is 3.71. The molecular weight excluding hydrogens is 402 g/mol. The van der Waals surface area contributed by atoms with Crippen LogP contribution in [0, 0.1) is 0 Å². The molecule has 0 saturated carbocycles. The third kappa shape index (κ3) is 5.24. The normalized spacial score (nSPS) is 12.8. The molecule has 156 valence electrons. The summed E-state index contributed by atoms with van der Waals surface area (Å²) in [6.07, 6.45) is 3.27. The largest absolute Gasteiger partial charge is 0.349 e. The Morgan fingerprint density at radius 2 is 1.73 bits per heavy atom. The molecule has 0 aliphatic carbocycles. The Hall–Kier alpha value is -3.19. The number of amides is 2. The van der Waals surface area contributed by atoms with Gasteiger partial charge in [0.1, 0.15) is 12.7 Å². The molecule has 0 bridgehead atoms. The lowest BCUT2D eigenvalue weighted by Crippen LogP contribution is -2.35. The lowest BCUT2D eigenvalue weighted by atomic mass is 10.0. The minimum absolute atomic E-state index is 0.0726. The molecule has 0 aliphatic rings. The van der Waals surface area contributed by atoms with Gasteiger partial charge in [0.15, 0.2) is 0 Å². The van der Waals surface area contributed by atoms with Crippen molar-refractivity contribution >= 4 is 23.4 Å². The average molecular weight is 426 g/mol. The minimum Gasteiger partial charge on any atom is -0.349 e. The van der Waals surface area contributed by atoms with E-state index in [9.17, 15) is 9.59 Å². The van der Waals surface area contributed by atoms with Crippen molar-refractivity contribution < 1.29 is 9.59 Å². The van der Waals surface area contributed by atoms with Crippen LogP contribution in [0.5, 0.6) is 0 Å². The lowest BCUT2D eigenvalue weighted by Gasteiger charge is -2.28. The first kappa shape index (κ1) is 21.5. The van der Waals surface area contributed by atoms with E-state index < -0.39 is 6.04 Å². The zero-order valence-electron chi connectivity index (χ0n) is 17.1. The summed E-state index contributed by atoms with van der Waals surface area (Å²) < 4.78 is 1.67. The number of carbonyl (C=O) groups excluding carboxylic acids is 2. The van der Waals surface area contributed by atoms with Crippen molar-refractivity contribution in [2.75, 3.05) is 7.05 Å². The number of nitrogens with one attached hydrogen (secondary N) is 1. The highest BCUT2D eigenvalue weighted by molar-refractivity contribution is 6.30. The van der Waals surface area contributed by atoms with E-state index in [2.05, 4.69) is 15.4 Å². The summed E-state index contributed by atoms with van der Waals surface area (Å²) in [5, 5.41) is 7.57. The van der Waals surface area contributed by atoms with Crippen molar-refractivity contribution in [3.8, 4) is 5.69 Å². The molecule has 0 fully saturated rings.